The molecule has 31 heavy (non-hydrogen) atoms. The van der Waals surface area contributed by atoms with Gasteiger partial charge < -0.3 is 5.11 Å². The van der Waals surface area contributed by atoms with Gasteiger partial charge >= 0.3 is 0 Å². The van der Waals surface area contributed by atoms with Gasteiger partial charge in [0.2, 0.25) is 0 Å². The summed E-state index contributed by atoms with van der Waals surface area (Å²) in [6.45, 7) is 0. The van der Waals surface area contributed by atoms with Crippen molar-refractivity contribution in [3.63, 3.8) is 0 Å². The highest BCUT2D eigenvalue weighted by atomic mass is 16.3. The van der Waals surface area contributed by atoms with E-state index < -0.39 is 0 Å². The lowest BCUT2D eigenvalue weighted by Crippen LogP contribution is -1.91. The van der Waals surface area contributed by atoms with E-state index in [1.165, 1.54) is 10.8 Å². The molecule has 0 aliphatic carbocycles. The minimum absolute atomic E-state index is 0.231. The molecule has 5 rings (SSSR count). The Hall–Kier alpha value is -4.17. The van der Waals surface area contributed by atoms with Gasteiger partial charge in [-0.25, -0.2) is 4.98 Å². The van der Waals surface area contributed by atoms with Crippen molar-refractivity contribution in [3.8, 4) is 17.0 Å². The molecule has 2 heteroatoms. The zero-order valence-corrected chi connectivity index (χ0v) is 16.9. The Kier molecular flexibility index (Phi) is 5.04. The lowest BCUT2D eigenvalue weighted by molar-refractivity contribution is 0.477. The standard InChI is InChI=1S/C29H21NO/c31-28-17-9-8-16-25(28)27-20-23(14-5-4-12-21-10-2-1-3-11-21)29-24-15-7-6-13-22(24)18-19-26(29)30-27/h1-20,31H. The second-order valence-electron chi connectivity index (χ2n) is 7.42. The van der Waals surface area contributed by atoms with E-state index in [0.29, 0.717) is 0 Å². The van der Waals surface area contributed by atoms with Crippen LogP contribution in [0.4, 0.5) is 0 Å². The van der Waals surface area contributed by atoms with Crippen LogP contribution in [-0.4, -0.2) is 10.1 Å². The lowest BCUT2D eigenvalue weighted by atomic mass is 9.98. The van der Waals surface area contributed by atoms with Crippen LogP contribution in [0, 0.1) is 0 Å². The van der Waals surface area contributed by atoms with Crippen LogP contribution in [0.2, 0.25) is 0 Å². The maximum absolute atomic E-state index is 10.4. The Labute approximate surface area is 181 Å². The van der Waals surface area contributed by atoms with Crippen LogP contribution in [-0.2, 0) is 0 Å². The zero-order valence-electron chi connectivity index (χ0n) is 16.9. The number of fused-ring (bicyclic) bond motifs is 3. The molecule has 0 aliphatic heterocycles. The average Bonchev–Trinajstić information content (AvgIpc) is 2.82. The van der Waals surface area contributed by atoms with Gasteiger partial charge in [0, 0.05) is 10.9 Å². The number of pyridine rings is 1. The number of phenolic OH excluding ortho intramolecular Hbond substituents is 1. The van der Waals surface area contributed by atoms with Gasteiger partial charge in [-0.3, -0.25) is 0 Å². The molecular formula is C29H21NO. The fraction of sp³-hybridized carbons (Fsp3) is 0. The summed E-state index contributed by atoms with van der Waals surface area (Å²) in [6.07, 6.45) is 8.30. The second-order valence-corrected chi connectivity index (χ2v) is 7.42. The molecule has 4 aromatic carbocycles. The monoisotopic (exact) mass is 399 g/mol. The highest BCUT2D eigenvalue weighted by Gasteiger charge is 2.11. The average molecular weight is 399 g/mol. The normalized spacial score (nSPS) is 11.7. The molecule has 0 amide bonds. The SMILES string of the molecule is Oc1ccccc1-c1cc(C=CC=Cc2ccccc2)c2c(ccc3ccccc32)n1. The van der Waals surface area contributed by atoms with Crippen LogP contribution in [0.1, 0.15) is 11.1 Å². The largest absolute Gasteiger partial charge is 0.507 e. The minimum atomic E-state index is 0.231. The highest BCUT2D eigenvalue weighted by molar-refractivity contribution is 6.10. The van der Waals surface area contributed by atoms with Crippen molar-refractivity contribution in [2.75, 3.05) is 0 Å². The molecule has 0 atom stereocenters. The van der Waals surface area contributed by atoms with Crippen LogP contribution < -0.4 is 0 Å². The second kappa shape index (κ2) is 8.29. The first kappa shape index (κ1) is 18.8. The summed E-state index contributed by atoms with van der Waals surface area (Å²) in [5.74, 6) is 0.231. The summed E-state index contributed by atoms with van der Waals surface area (Å²) in [5.41, 5.74) is 4.62. The summed E-state index contributed by atoms with van der Waals surface area (Å²) >= 11 is 0. The molecule has 0 spiro atoms. The third-order valence-electron chi connectivity index (χ3n) is 5.38. The Bertz CT molecular complexity index is 1430. The van der Waals surface area contributed by atoms with E-state index in [4.69, 9.17) is 4.98 Å². The molecule has 0 unspecified atom stereocenters. The van der Waals surface area contributed by atoms with Crippen molar-refractivity contribution < 1.29 is 5.11 Å². The first-order chi connectivity index (χ1) is 15.3. The van der Waals surface area contributed by atoms with Gasteiger partial charge in [-0.2, -0.15) is 0 Å². The van der Waals surface area contributed by atoms with Gasteiger partial charge in [-0.1, -0.05) is 97.1 Å². The zero-order chi connectivity index (χ0) is 21.0. The summed E-state index contributed by atoms with van der Waals surface area (Å²) in [4.78, 5) is 4.88. The van der Waals surface area contributed by atoms with Crippen LogP contribution in [0.3, 0.4) is 0 Å². The number of allylic oxidation sites excluding steroid dienone is 2. The Balaban J connectivity index is 1.68. The van der Waals surface area contributed by atoms with Gasteiger partial charge in [-0.05, 0) is 46.2 Å². The number of para-hydroxylation sites is 1. The number of aromatic nitrogens is 1. The van der Waals surface area contributed by atoms with E-state index >= 15 is 0 Å². The molecule has 1 heterocycles. The van der Waals surface area contributed by atoms with Crippen molar-refractivity contribution >= 4 is 33.8 Å². The predicted octanol–water partition coefficient (Wildman–Crippen LogP) is 7.49. The fourth-order valence-electron chi connectivity index (χ4n) is 3.89. The molecule has 1 aromatic heterocycles. The third-order valence-corrected chi connectivity index (χ3v) is 5.38. The molecule has 148 valence electrons. The number of aromatic hydroxyl groups is 1. The first-order valence-corrected chi connectivity index (χ1v) is 10.3. The van der Waals surface area contributed by atoms with Crippen LogP contribution in [0.25, 0.3) is 45.1 Å². The van der Waals surface area contributed by atoms with E-state index in [1.807, 2.05) is 42.5 Å². The Morgan fingerprint density at radius 1 is 0.677 bits per heavy atom. The van der Waals surface area contributed by atoms with E-state index in [1.54, 1.807) is 6.07 Å². The van der Waals surface area contributed by atoms with E-state index in [2.05, 4.69) is 72.8 Å². The number of hydrogen-bond donors (Lipinski definition) is 1. The maximum Gasteiger partial charge on any atom is 0.124 e. The molecule has 1 N–H and O–H groups in total. The molecule has 0 fully saturated rings. The van der Waals surface area contributed by atoms with Gasteiger partial charge in [0.15, 0.2) is 0 Å². The van der Waals surface area contributed by atoms with Crippen LogP contribution in [0.5, 0.6) is 5.75 Å². The Morgan fingerprint density at radius 2 is 1.42 bits per heavy atom. The summed E-state index contributed by atoms with van der Waals surface area (Å²) in [7, 11) is 0. The van der Waals surface area contributed by atoms with Crippen molar-refractivity contribution in [1.29, 1.82) is 0 Å². The molecule has 0 radical (unpaired) electrons. The molecule has 0 saturated heterocycles. The minimum Gasteiger partial charge on any atom is -0.507 e. The van der Waals surface area contributed by atoms with Crippen molar-refractivity contribution in [1.82, 2.24) is 4.98 Å². The quantitative estimate of drug-likeness (QED) is 0.251. The first-order valence-electron chi connectivity index (χ1n) is 10.3. The highest BCUT2D eigenvalue weighted by Crippen LogP contribution is 2.34. The number of benzene rings is 4. The van der Waals surface area contributed by atoms with Crippen molar-refractivity contribution in [3.05, 3.63) is 120 Å². The summed E-state index contributed by atoms with van der Waals surface area (Å²) in [6, 6.07) is 32.1. The van der Waals surface area contributed by atoms with Gasteiger partial charge in [0.25, 0.3) is 0 Å². The number of phenols is 1. The Morgan fingerprint density at radius 3 is 2.29 bits per heavy atom. The van der Waals surface area contributed by atoms with Gasteiger partial charge in [0.1, 0.15) is 5.75 Å². The van der Waals surface area contributed by atoms with Crippen molar-refractivity contribution in [2.24, 2.45) is 0 Å². The predicted molar refractivity (Wildman–Crippen MR) is 131 cm³/mol. The van der Waals surface area contributed by atoms with E-state index in [9.17, 15) is 5.11 Å². The molecular weight excluding hydrogens is 378 g/mol. The molecule has 2 nitrogen and oxygen atoms in total. The van der Waals surface area contributed by atoms with Crippen molar-refractivity contribution in [2.45, 2.75) is 0 Å². The van der Waals surface area contributed by atoms with Crippen LogP contribution >= 0.6 is 0 Å². The van der Waals surface area contributed by atoms with Gasteiger partial charge in [0.05, 0.1) is 11.2 Å². The fourth-order valence-corrected chi connectivity index (χ4v) is 3.89. The lowest BCUT2D eigenvalue weighted by Gasteiger charge is -2.11. The molecule has 5 aromatic rings. The van der Waals surface area contributed by atoms with Gasteiger partial charge in [-0.15, -0.1) is 0 Å². The molecule has 0 saturated carbocycles. The number of nitrogens with zero attached hydrogens (tertiary/aromatic N) is 1. The van der Waals surface area contributed by atoms with Crippen LogP contribution in [0.15, 0.2) is 109 Å². The number of hydrogen-bond acceptors (Lipinski definition) is 2. The van der Waals surface area contributed by atoms with E-state index in [-0.39, 0.29) is 5.75 Å². The topological polar surface area (TPSA) is 33.1 Å². The molecule has 0 bridgehead atoms. The molecule has 0 aliphatic rings. The maximum atomic E-state index is 10.4. The number of rotatable bonds is 4. The summed E-state index contributed by atoms with van der Waals surface area (Å²) in [5, 5.41) is 13.8. The third kappa shape index (κ3) is 3.84. The smallest absolute Gasteiger partial charge is 0.124 e. The van der Waals surface area contributed by atoms with E-state index in [0.717, 1.165) is 33.3 Å². The summed E-state index contributed by atoms with van der Waals surface area (Å²) < 4.78 is 0.